The Balaban J connectivity index is 1.51. The lowest BCUT2D eigenvalue weighted by atomic mass is 10.1. The van der Waals surface area contributed by atoms with Crippen LogP contribution in [0.1, 0.15) is 24.4 Å². The molecule has 0 saturated heterocycles. The number of benzene rings is 2. The molecule has 0 bridgehead atoms. The van der Waals surface area contributed by atoms with Crippen LogP contribution in [0.3, 0.4) is 0 Å². The highest BCUT2D eigenvalue weighted by Crippen LogP contribution is 2.32. The van der Waals surface area contributed by atoms with Crippen molar-refractivity contribution in [3.05, 3.63) is 59.9 Å². The quantitative estimate of drug-likeness (QED) is 0.462. The lowest BCUT2D eigenvalue weighted by Gasteiger charge is -2.17. The van der Waals surface area contributed by atoms with Gasteiger partial charge in [0.15, 0.2) is 12.4 Å². The van der Waals surface area contributed by atoms with Crippen molar-refractivity contribution in [2.75, 3.05) is 24.4 Å². The lowest BCUT2D eigenvalue weighted by Crippen LogP contribution is -2.24. The number of amides is 1. The van der Waals surface area contributed by atoms with E-state index in [9.17, 15) is 4.79 Å². The van der Waals surface area contributed by atoms with E-state index in [1.54, 1.807) is 7.05 Å². The van der Waals surface area contributed by atoms with Crippen LogP contribution < -0.4 is 31.2 Å². The normalized spacial score (nSPS) is 12.9. The van der Waals surface area contributed by atoms with Gasteiger partial charge in [0.2, 0.25) is 0 Å². The Morgan fingerprint density at radius 2 is 2.06 bits per heavy atom. The molecule has 1 aromatic heterocycles. The number of nitrogens with one attached hydrogen (secondary N) is 4. The van der Waals surface area contributed by atoms with Crippen molar-refractivity contribution in [1.82, 2.24) is 20.9 Å². The molecule has 1 aliphatic heterocycles. The van der Waals surface area contributed by atoms with E-state index >= 15 is 0 Å². The Morgan fingerprint density at radius 3 is 2.90 bits per heavy atom. The highest BCUT2D eigenvalue weighted by molar-refractivity contribution is 5.77. The van der Waals surface area contributed by atoms with Gasteiger partial charge in [0, 0.05) is 18.7 Å². The standard InChI is InChI=1S/C22H24N6O3/c1-13(15-5-4-6-17(9-15)30-12-22(29)23-3)24-21-11-18(25-14(2)26-21)16-7-8-20-19(10-16)27-28-31-20/h4-11,13,27-28H,12H2,1-3H3,(H,23,29)(H,24,25,26). The predicted octanol–water partition coefficient (Wildman–Crippen LogP) is 2.97. The van der Waals surface area contributed by atoms with Gasteiger partial charge in [-0.2, -0.15) is 0 Å². The van der Waals surface area contributed by atoms with Crippen molar-refractivity contribution in [3.8, 4) is 22.8 Å². The van der Waals surface area contributed by atoms with Gasteiger partial charge in [-0.15, -0.1) is 0 Å². The summed E-state index contributed by atoms with van der Waals surface area (Å²) >= 11 is 0. The minimum Gasteiger partial charge on any atom is -0.484 e. The van der Waals surface area contributed by atoms with Crippen LogP contribution in [0.4, 0.5) is 11.5 Å². The molecule has 0 aliphatic carbocycles. The lowest BCUT2D eigenvalue weighted by molar-refractivity contribution is -0.122. The average molecular weight is 420 g/mol. The number of likely N-dealkylation sites (N-methyl/N-ethyl adjacent to an activating group) is 1. The molecule has 4 rings (SSSR count). The molecule has 1 amide bonds. The van der Waals surface area contributed by atoms with Crippen LogP contribution in [0.2, 0.25) is 0 Å². The van der Waals surface area contributed by atoms with Crippen LogP contribution in [0, 0.1) is 6.92 Å². The summed E-state index contributed by atoms with van der Waals surface area (Å²) in [6.45, 7) is 3.88. The summed E-state index contributed by atoms with van der Waals surface area (Å²) in [6, 6.07) is 15.3. The Kier molecular flexibility index (Phi) is 5.85. The highest BCUT2D eigenvalue weighted by atomic mass is 16.7. The summed E-state index contributed by atoms with van der Waals surface area (Å²) < 4.78 is 5.55. The van der Waals surface area contributed by atoms with Gasteiger partial charge >= 0.3 is 0 Å². The fraction of sp³-hybridized carbons (Fsp3) is 0.227. The van der Waals surface area contributed by atoms with E-state index in [-0.39, 0.29) is 18.6 Å². The maximum Gasteiger partial charge on any atom is 0.257 e. The third kappa shape index (κ3) is 4.84. The van der Waals surface area contributed by atoms with E-state index in [1.165, 1.54) is 0 Å². The Labute approximate surface area is 180 Å². The Morgan fingerprint density at radius 1 is 1.19 bits per heavy atom. The first-order valence-corrected chi connectivity index (χ1v) is 9.89. The molecule has 0 spiro atoms. The van der Waals surface area contributed by atoms with E-state index in [4.69, 9.17) is 9.57 Å². The van der Waals surface area contributed by atoms with Crippen molar-refractivity contribution in [2.45, 2.75) is 19.9 Å². The topological polar surface area (TPSA) is 109 Å². The number of aryl methyl sites for hydroxylation is 1. The van der Waals surface area contributed by atoms with E-state index < -0.39 is 0 Å². The second kappa shape index (κ2) is 8.88. The van der Waals surface area contributed by atoms with Gasteiger partial charge in [0.25, 0.3) is 5.91 Å². The van der Waals surface area contributed by atoms with Gasteiger partial charge in [0.1, 0.15) is 17.4 Å². The zero-order valence-electron chi connectivity index (χ0n) is 17.5. The van der Waals surface area contributed by atoms with Gasteiger partial charge < -0.3 is 20.2 Å². The summed E-state index contributed by atoms with van der Waals surface area (Å²) in [5.41, 5.74) is 9.20. The molecule has 1 atom stereocenters. The number of anilines is 2. The number of hydrogen-bond donors (Lipinski definition) is 4. The van der Waals surface area contributed by atoms with Gasteiger partial charge in [0.05, 0.1) is 17.4 Å². The largest absolute Gasteiger partial charge is 0.484 e. The molecule has 9 heteroatoms. The molecule has 160 valence electrons. The Hall–Kier alpha value is -3.85. The van der Waals surface area contributed by atoms with Gasteiger partial charge in [-0.25, -0.2) is 9.97 Å². The minimum absolute atomic E-state index is 0.0214. The fourth-order valence-electron chi connectivity index (χ4n) is 3.20. The van der Waals surface area contributed by atoms with Crippen LogP contribution in [-0.2, 0) is 4.79 Å². The van der Waals surface area contributed by atoms with Crippen LogP contribution in [0.5, 0.6) is 11.5 Å². The number of carbonyl (C=O) groups is 1. The second-order valence-corrected chi connectivity index (χ2v) is 7.13. The number of fused-ring (bicyclic) bond motifs is 1. The SMILES string of the molecule is CNC(=O)COc1cccc(C(C)Nc2cc(-c3ccc4c(c3)NNO4)nc(C)n2)c1. The highest BCUT2D eigenvalue weighted by Gasteiger charge is 2.14. The molecule has 9 nitrogen and oxygen atoms in total. The van der Waals surface area contributed by atoms with Crippen molar-refractivity contribution in [1.29, 1.82) is 0 Å². The Bertz CT molecular complexity index is 1100. The van der Waals surface area contributed by atoms with Crippen LogP contribution >= 0.6 is 0 Å². The van der Waals surface area contributed by atoms with Crippen LogP contribution in [0.15, 0.2) is 48.5 Å². The average Bonchev–Trinajstić information content (AvgIpc) is 3.25. The fourth-order valence-corrected chi connectivity index (χ4v) is 3.20. The first kappa shape index (κ1) is 20.4. The summed E-state index contributed by atoms with van der Waals surface area (Å²) in [5, 5.41) is 5.96. The third-order valence-corrected chi connectivity index (χ3v) is 4.83. The minimum atomic E-state index is -0.176. The number of aromatic nitrogens is 2. The maximum absolute atomic E-state index is 11.4. The summed E-state index contributed by atoms with van der Waals surface area (Å²) in [6.07, 6.45) is 0. The molecule has 1 aliphatic rings. The molecule has 31 heavy (non-hydrogen) atoms. The molecule has 1 unspecified atom stereocenters. The first-order chi connectivity index (χ1) is 15.0. The first-order valence-electron chi connectivity index (χ1n) is 9.89. The van der Waals surface area contributed by atoms with E-state index in [1.807, 2.05) is 62.4 Å². The van der Waals surface area contributed by atoms with Crippen molar-refractivity contribution < 1.29 is 14.4 Å². The molecular weight excluding hydrogens is 396 g/mol. The number of ether oxygens (including phenoxy) is 1. The number of carbonyl (C=O) groups excluding carboxylic acids is 1. The second-order valence-electron chi connectivity index (χ2n) is 7.13. The zero-order valence-corrected chi connectivity index (χ0v) is 17.5. The summed E-state index contributed by atoms with van der Waals surface area (Å²) in [4.78, 5) is 25.8. The van der Waals surface area contributed by atoms with Gasteiger partial charge in [-0.1, -0.05) is 17.7 Å². The maximum atomic E-state index is 11.4. The van der Waals surface area contributed by atoms with Crippen molar-refractivity contribution >= 4 is 17.4 Å². The molecule has 2 heterocycles. The van der Waals surface area contributed by atoms with Crippen molar-refractivity contribution in [2.24, 2.45) is 0 Å². The number of rotatable bonds is 7. The molecule has 4 N–H and O–H groups in total. The third-order valence-electron chi connectivity index (χ3n) is 4.83. The molecule has 0 radical (unpaired) electrons. The molecular formula is C22H24N6O3. The van der Waals surface area contributed by atoms with Crippen LogP contribution in [-0.4, -0.2) is 29.5 Å². The predicted molar refractivity (Wildman–Crippen MR) is 118 cm³/mol. The number of hydrogen-bond acceptors (Lipinski definition) is 8. The molecule has 0 saturated carbocycles. The number of nitrogens with zero attached hydrogens (tertiary/aromatic N) is 2. The van der Waals surface area contributed by atoms with Gasteiger partial charge in [-0.3, -0.25) is 10.2 Å². The molecule has 0 fully saturated rings. The van der Waals surface area contributed by atoms with Crippen LogP contribution in [0.25, 0.3) is 11.3 Å². The van der Waals surface area contributed by atoms with E-state index in [0.29, 0.717) is 11.6 Å². The zero-order chi connectivity index (χ0) is 21.8. The summed E-state index contributed by atoms with van der Waals surface area (Å²) in [5.74, 6) is 2.58. The molecule has 2 aromatic carbocycles. The van der Waals surface area contributed by atoms with E-state index in [0.717, 1.165) is 34.1 Å². The van der Waals surface area contributed by atoms with Gasteiger partial charge in [-0.05, 0) is 49.7 Å². The molecule has 3 aromatic rings. The van der Waals surface area contributed by atoms with Crippen molar-refractivity contribution in [3.63, 3.8) is 0 Å². The monoisotopic (exact) mass is 420 g/mol. The summed E-state index contributed by atoms with van der Waals surface area (Å²) in [7, 11) is 1.58. The number of hydrazine groups is 1. The van der Waals surface area contributed by atoms with E-state index in [2.05, 4.69) is 31.6 Å². The smallest absolute Gasteiger partial charge is 0.257 e.